The number of carbonyl (C=O) groups is 1. The first-order chi connectivity index (χ1) is 15.0. The van der Waals surface area contributed by atoms with E-state index in [-0.39, 0.29) is 19.3 Å². The van der Waals surface area contributed by atoms with Crippen molar-refractivity contribution in [3.63, 3.8) is 0 Å². The van der Waals surface area contributed by atoms with Crippen molar-refractivity contribution in [2.24, 2.45) is 0 Å². The van der Waals surface area contributed by atoms with Crippen molar-refractivity contribution in [1.29, 1.82) is 0 Å². The zero-order chi connectivity index (χ0) is 22.1. The molecule has 1 saturated heterocycles. The third-order valence-electron chi connectivity index (χ3n) is 5.33. The maximum atomic E-state index is 11.5. The number of carbonyl (C=O) groups excluding carboxylic acids is 1. The first-order valence-electron chi connectivity index (χ1n) is 10.7. The highest BCUT2D eigenvalue weighted by Crippen LogP contribution is 2.30. The summed E-state index contributed by atoms with van der Waals surface area (Å²) in [4.78, 5) is 16.4. The molecular formula is C24H31ClN2O4. The Morgan fingerprint density at radius 2 is 1.68 bits per heavy atom. The minimum atomic E-state index is -0.659. The molecule has 0 aliphatic carbocycles. The van der Waals surface area contributed by atoms with Crippen LogP contribution in [0.5, 0.6) is 0 Å². The molecule has 2 aromatic rings. The fraction of sp³-hybridized carbons (Fsp3) is 0.458. The zero-order valence-corrected chi connectivity index (χ0v) is 18.7. The number of ether oxygens (including phenoxy) is 2. The van der Waals surface area contributed by atoms with E-state index in [1.54, 1.807) is 6.92 Å². The van der Waals surface area contributed by atoms with Crippen molar-refractivity contribution >= 4 is 17.6 Å². The monoisotopic (exact) mass is 446 g/mol. The SMILES string of the molecule is CC(O)COC(=O)COCCN1CCN([C@@H](c2ccccc2)c2ccc(Cl)cc2)CC1. The number of rotatable bonds is 10. The summed E-state index contributed by atoms with van der Waals surface area (Å²) in [6.07, 6.45) is -0.659. The second kappa shape index (κ2) is 12.2. The zero-order valence-electron chi connectivity index (χ0n) is 18.0. The van der Waals surface area contributed by atoms with Crippen LogP contribution in [0.3, 0.4) is 0 Å². The van der Waals surface area contributed by atoms with Gasteiger partial charge in [-0.05, 0) is 30.2 Å². The molecule has 1 N–H and O–H groups in total. The van der Waals surface area contributed by atoms with Crippen LogP contribution >= 0.6 is 11.6 Å². The summed E-state index contributed by atoms with van der Waals surface area (Å²) < 4.78 is 10.3. The summed E-state index contributed by atoms with van der Waals surface area (Å²) in [7, 11) is 0. The van der Waals surface area contributed by atoms with E-state index < -0.39 is 12.1 Å². The molecule has 0 aromatic heterocycles. The van der Waals surface area contributed by atoms with Crippen molar-refractivity contribution in [3.05, 3.63) is 70.7 Å². The molecule has 2 atom stereocenters. The highest BCUT2D eigenvalue weighted by atomic mass is 35.5. The van der Waals surface area contributed by atoms with Gasteiger partial charge in [0.2, 0.25) is 0 Å². The number of esters is 1. The predicted molar refractivity (Wildman–Crippen MR) is 121 cm³/mol. The standard InChI is InChI=1S/C24H31ClN2O4/c1-19(28)17-31-23(29)18-30-16-15-26-11-13-27(14-12-26)24(20-5-3-2-4-6-20)21-7-9-22(25)10-8-21/h2-10,19,24,28H,11-18H2,1H3/t19?,24-/m0/s1. The normalized spacial score (nSPS) is 17.3. The lowest BCUT2D eigenvalue weighted by Crippen LogP contribution is -2.48. The van der Waals surface area contributed by atoms with Crippen LogP contribution in [0.2, 0.25) is 5.02 Å². The number of hydrogen-bond donors (Lipinski definition) is 1. The Labute approximate surface area is 189 Å². The largest absolute Gasteiger partial charge is 0.461 e. The molecule has 1 unspecified atom stereocenters. The Kier molecular flexibility index (Phi) is 9.31. The van der Waals surface area contributed by atoms with E-state index in [0.717, 1.165) is 37.7 Å². The summed E-state index contributed by atoms with van der Waals surface area (Å²) >= 11 is 6.11. The van der Waals surface area contributed by atoms with Crippen LogP contribution in [0.15, 0.2) is 54.6 Å². The fourth-order valence-corrected chi connectivity index (χ4v) is 3.87. The lowest BCUT2D eigenvalue weighted by Gasteiger charge is -2.39. The van der Waals surface area contributed by atoms with Gasteiger partial charge in [-0.3, -0.25) is 9.80 Å². The first kappa shape index (κ1) is 23.7. The Balaban J connectivity index is 1.48. The molecule has 3 rings (SSSR count). The molecule has 31 heavy (non-hydrogen) atoms. The number of halogens is 1. The van der Waals surface area contributed by atoms with E-state index in [9.17, 15) is 4.79 Å². The van der Waals surface area contributed by atoms with Gasteiger partial charge in [-0.1, -0.05) is 54.1 Å². The number of hydrogen-bond acceptors (Lipinski definition) is 6. The van der Waals surface area contributed by atoms with Crippen LogP contribution in [-0.2, 0) is 14.3 Å². The highest BCUT2D eigenvalue weighted by Gasteiger charge is 2.26. The van der Waals surface area contributed by atoms with Crippen molar-refractivity contribution in [2.75, 3.05) is 52.5 Å². The van der Waals surface area contributed by atoms with Gasteiger partial charge in [0.05, 0.1) is 18.8 Å². The molecule has 168 valence electrons. The molecule has 0 spiro atoms. The maximum Gasteiger partial charge on any atom is 0.332 e. The quantitative estimate of drug-likeness (QED) is 0.447. The minimum absolute atomic E-state index is 0.000351. The molecule has 0 radical (unpaired) electrons. The lowest BCUT2D eigenvalue weighted by molar-refractivity contribution is -0.151. The van der Waals surface area contributed by atoms with Crippen LogP contribution in [0, 0.1) is 0 Å². The van der Waals surface area contributed by atoms with Crippen LogP contribution in [-0.4, -0.2) is 79.5 Å². The molecule has 0 saturated carbocycles. The molecule has 7 heteroatoms. The molecule has 1 heterocycles. The third kappa shape index (κ3) is 7.59. The van der Waals surface area contributed by atoms with E-state index in [0.29, 0.717) is 6.61 Å². The summed E-state index contributed by atoms with van der Waals surface area (Å²) in [5.41, 5.74) is 2.51. The van der Waals surface area contributed by atoms with E-state index in [1.165, 1.54) is 11.1 Å². The molecule has 1 fully saturated rings. The van der Waals surface area contributed by atoms with Gasteiger partial charge in [0.25, 0.3) is 0 Å². The number of benzene rings is 2. The lowest BCUT2D eigenvalue weighted by atomic mass is 9.96. The molecule has 1 aliphatic rings. The van der Waals surface area contributed by atoms with Crippen LogP contribution in [0.4, 0.5) is 0 Å². The highest BCUT2D eigenvalue weighted by molar-refractivity contribution is 6.30. The number of aliphatic hydroxyl groups is 1. The molecule has 0 bridgehead atoms. The molecule has 6 nitrogen and oxygen atoms in total. The summed E-state index contributed by atoms with van der Waals surface area (Å²) in [6.45, 7) is 6.50. The molecule has 0 amide bonds. The molecule has 1 aliphatic heterocycles. The van der Waals surface area contributed by atoms with E-state index >= 15 is 0 Å². The second-order valence-corrected chi connectivity index (χ2v) is 8.26. The third-order valence-corrected chi connectivity index (χ3v) is 5.58. The minimum Gasteiger partial charge on any atom is -0.461 e. The van der Waals surface area contributed by atoms with Gasteiger partial charge in [-0.2, -0.15) is 0 Å². The second-order valence-electron chi connectivity index (χ2n) is 7.83. The van der Waals surface area contributed by atoms with Gasteiger partial charge in [0.15, 0.2) is 0 Å². The summed E-state index contributed by atoms with van der Waals surface area (Å²) in [5.74, 6) is -0.445. The number of nitrogens with zero attached hydrogens (tertiary/aromatic N) is 2. The maximum absolute atomic E-state index is 11.5. The number of piperazine rings is 1. The topological polar surface area (TPSA) is 62.2 Å². The fourth-order valence-electron chi connectivity index (χ4n) is 3.74. The summed E-state index contributed by atoms with van der Waals surface area (Å²) in [6, 6.07) is 18.9. The molecule has 2 aromatic carbocycles. The van der Waals surface area contributed by atoms with Gasteiger partial charge >= 0.3 is 5.97 Å². The Morgan fingerprint density at radius 3 is 2.32 bits per heavy atom. The summed E-state index contributed by atoms with van der Waals surface area (Å²) in [5, 5.41) is 9.87. The van der Waals surface area contributed by atoms with E-state index in [4.69, 9.17) is 26.2 Å². The number of aliphatic hydroxyl groups excluding tert-OH is 1. The smallest absolute Gasteiger partial charge is 0.332 e. The predicted octanol–water partition coefficient (Wildman–Crippen LogP) is 2.99. The van der Waals surface area contributed by atoms with E-state index in [2.05, 4.69) is 46.2 Å². The first-order valence-corrected chi connectivity index (χ1v) is 11.1. The van der Waals surface area contributed by atoms with Gasteiger partial charge < -0.3 is 14.6 Å². The van der Waals surface area contributed by atoms with Gasteiger partial charge in [0.1, 0.15) is 13.2 Å². The van der Waals surface area contributed by atoms with Crippen molar-refractivity contribution in [3.8, 4) is 0 Å². The van der Waals surface area contributed by atoms with Gasteiger partial charge in [-0.25, -0.2) is 4.79 Å². The average Bonchev–Trinajstić information content (AvgIpc) is 2.78. The van der Waals surface area contributed by atoms with E-state index in [1.807, 2.05) is 18.2 Å². The van der Waals surface area contributed by atoms with Crippen molar-refractivity contribution < 1.29 is 19.4 Å². The van der Waals surface area contributed by atoms with Crippen LogP contribution in [0.1, 0.15) is 24.1 Å². The molecular weight excluding hydrogens is 416 g/mol. The average molecular weight is 447 g/mol. The Hall–Kier alpha value is -1.96. The van der Waals surface area contributed by atoms with Crippen molar-refractivity contribution in [1.82, 2.24) is 9.80 Å². The Bertz CT molecular complexity index is 793. The van der Waals surface area contributed by atoms with Crippen LogP contribution in [0.25, 0.3) is 0 Å². The Morgan fingerprint density at radius 1 is 1.03 bits per heavy atom. The van der Waals surface area contributed by atoms with Crippen molar-refractivity contribution in [2.45, 2.75) is 19.1 Å². The van der Waals surface area contributed by atoms with Crippen LogP contribution < -0.4 is 0 Å². The van der Waals surface area contributed by atoms with Gasteiger partial charge in [-0.15, -0.1) is 0 Å². The van der Waals surface area contributed by atoms with Gasteiger partial charge in [0, 0.05) is 37.7 Å².